The van der Waals surface area contributed by atoms with E-state index in [1.165, 1.54) is 0 Å². The molecule has 0 unspecified atom stereocenters. The average Bonchev–Trinajstić information content (AvgIpc) is 2.30. The largest absolute Gasteiger partial charge is 0.481 e. The zero-order chi connectivity index (χ0) is 7.56. The van der Waals surface area contributed by atoms with Crippen molar-refractivity contribution in [1.29, 1.82) is 0 Å². The molecule has 0 saturated carbocycles. The van der Waals surface area contributed by atoms with Crippen molar-refractivity contribution in [3.63, 3.8) is 0 Å². The van der Waals surface area contributed by atoms with E-state index in [-0.39, 0.29) is 0 Å². The Bertz CT molecular complexity index is 270. The summed E-state index contributed by atoms with van der Waals surface area (Å²) in [5.74, 6) is 3.08. The monoisotopic (exact) mass is 136 g/mol. The van der Waals surface area contributed by atoms with Gasteiger partial charge in [0.2, 0.25) is 5.88 Å². The van der Waals surface area contributed by atoms with Gasteiger partial charge in [-0.1, -0.05) is 0 Å². The van der Waals surface area contributed by atoms with E-state index in [1.54, 1.807) is 24.9 Å². The van der Waals surface area contributed by atoms with Crippen molar-refractivity contribution in [2.45, 2.75) is 0 Å². The Balaban J connectivity index is 3.07. The summed E-state index contributed by atoms with van der Waals surface area (Å²) in [6.45, 7) is 0. The van der Waals surface area contributed by atoms with Crippen molar-refractivity contribution >= 4 is 0 Å². The Morgan fingerprint density at radius 3 is 2.80 bits per heavy atom. The molecule has 0 radical (unpaired) electrons. The van der Waals surface area contributed by atoms with Gasteiger partial charge in [0.1, 0.15) is 5.69 Å². The van der Waals surface area contributed by atoms with Gasteiger partial charge >= 0.3 is 0 Å². The highest BCUT2D eigenvalue weighted by Crippen LogP contribution is 2.09. The molecular weight excluding hydrogens is 128 g/mol. The molecule has 0 saturated heterocycles. The van der Waals surface area contributed by atoms with Crippen molar-refractivity contribution in [1.82, 2.24) is 9.78 Å². The SMILES string of the molecule is C#Cc1cc(OC)n(C)n1. The van der Waals surface area contributed by atoms with Crippen molar-refractivity contribution in [2.24, 2.45) is 7.05 Å². The summed E-state index contributed by atoms with van der Waals surface area (Å²) in [6.07, 6.45) is 5.11. The lowest BCUT2D eigenvalue weighted by Gasteiger charge is -1.95. The van der Waals surface area contributed by atoms with Crippen LogP contribution in [0.15, 0.2) is 6.07 Å². The molecule has 1 aromatic heterocycles. The maximum Gasteiger partial charge on any atom is 0.212 e. The molecule has 52 valence electrons. The van der Waals surface area contributed by atoms with E-state index < -0.39 is 0 Å². The second-order valence-corrected chi connectivity index (χ2v) is 1.84. The molecule has 1 heterocycles. The molecule has 0 aliphatic heterocycles. The molecule has 1 rings (SSSR count). The van der Waals surface area contributed by atoms with E-state index in [9.17, 15) is 0 Å². The molecule has 3 heteroatoms. The zero-order valence-corrected chi connectivity index (χ0v) is 5.96. The Morgan fingerprint density at radius 2 is 2.50 bits per heavy atom. The molecule has 10 heavy (non-hydrogen) atoms. The maximum absolute atomic E-state index is 5.11. The van der Waals surface area contributed by atoms with Crippen molar-refractivity contribution < 1.29 is 4.74 Å². The van der Waals surface area contributed by atoms with Crippen LogP contribution in [-0.4, -0.2) is 16.9 Å². The molecule has 0 aliphatic carbocycles. The molecule has 0 spiro atoms. The fraction of sp³-hybridized carbons (Fsp3) is 0.286. The van der Waals surface area contributed by atoms with Crippen LogP contribution in [0.25, 0.3) is 0 Å². The summed E-state index contributed by atoms with van der Waals surface area (Å²) in [6, 6.07) is 1.71. The molecule has 0 N–H and O–H groups in total. The Labute approximate surface area is 59.6 Å². The van der Waals surface area contributed by atoms with Gasteiger partial charge in [0.15, 0.2) is 0 Å². The van der Waals surface area contributed by atoms with E-state index in [4.69, 9.17) is 11.2 Å². The third-order valence-corrected chi connectivity index (χ3v) is 1.19. The van der Waals surface area contributed by atoms with Crippen LogP contribution in [0, 0.1) is 12.3 Å². The van der Waals surface area contributed by atoms with Gasteiger partial charge in [-0.3, -0.25) is 0 Å². The molecule has 1 aromatic rings. The summed E-state index contributed by atoms with van der Waals surface area (Å²) < 4.78 is 6.52. The third-order valence-electron chi connectivity index (χ3n) is 1.19. The summed E-state index contributed by atoms with van der Waals surface area (Å²) in [5.41, 5.74) is 0.597. The minimum atomic E-state index is 0.597. The number of hydrogen-bond donors (Lipinski definition) is 0. The van der Waals surface area contributed by atoms with E-state index >= 15 is 0 Å². The number of hydrogen-bond acceptors (Lipinski definition) is 2. The second-order valence-electron chi connectivity index (χ2n) is 1.84. The normalized spacial score (nSPS) is 8.90. The number of aromatic nitrogens is 2. The standard InChI is InChI=1S/C7H8N2O/c1-4-6-5-7(10-3)9(2)8-6/h1,5H,2-3H3. The van der Waals surface area contributed by atoms with Crippen LogP contribution in [0.3, 0.4) is 0 Å². The predicted molar refractivity (Wildman–Crippen MR) is 37.7 cm³/mol. The van der Waals surface area contributed by atoms with Gasteiger partial charge in [0.05, 0.1) is 7.11 Å². The minimum absolute atomic E-state index is 0.597. The number of terminal acetylenes is 1. The summed E-state index contributed by atoms with van der Waals surface area (Å²) >= 11 is 0. The molecule has 0 aromatic carbocycles. The highest BCUT2D eigenvalue weighted by Gasteiger charge is 2.00. The lowest BCUT2D eigenvalue weighted by Crippen LogP contribution is -1.94. The Hall–Kier alpha value is -1.43. The summed E-state index contributed by atoms with van der Waals surface area (Å²) in [5, 5.41) is 3.96. The molecular formula is C7H8N2O. The highest BCUT2D eigenvalue weighted by atomic mass is 16.5. The summed E-state index contributed by atoms with van der Waals surface area (Å²) in [7, 11) is 3.36. The van der Waals surface area contributed by atoms with Gasteiger partial charge in [-0.25, -0.2) is 4.68 Å². The van der Waals surface area contributed by atoms with Gasteiger partial charge in [-0.05, 0) is 5.92 Å². The summed E-state index contributed by atoms with van der Waals surface area (Å²) in [4.78, 5) is 0. The Kier molecular flexibility index (Phi) is 1.63. The molecule has 0 atom stereocenters. The molecule has 0 fully saturated rings. The van der Waals surface area contributed by atoms with E-state index in [1.807, 2.05) is 0 Å². The van der Waals surface area contributed by atoms with Gasteiger partial charge in [0.25, 0.3) is 0 Å². The second kappa shape index (κ2) is 2.44. The first-order valence-electron chi connectivity index (χ1n) is 2.82. The van der Waals surface area contributed by atoms with Crippen LogP contribution < -0.4 is 4.74 Å². The zero-order valence-electron chi connectivity index (χ0n) is 5.96. The van der Waals surface area contributed by atoms with Crippen LogP contribution >= 0.6 is 0 Å². The van der Waals surface area contributed by atoms with Crippen molar-refractivity contribution in [3.05, 3.63) is 11.8 Å². The topological polar surface area (TPSA) is 27.1 Å². The highest BCUT2D eigenvalue weighted by molar-refractivity contribution is 5.28. The number of ether oxygens (including phenoxy) is 1. The van der Waals surface area contributed by atoms with Crippen LogP contribution in [0.1, 0.15) is 5.69 Å². The number of nitrogens with zero attached hydrogens (tertiary/aromatic N) is 2. The van der Waals surface area contributed by atoms with Gasteiger partial charge in [0, 0.05) is 13.1 Å². The van der Waals surface area contributed by atoms with E-state index in [0.717, 1.165) is 0 Å². The van der Waals surface area contributed by atoms with Crippen molar-refractivity contribution in [3.8, 4) is 18.2 Å². The van der Waals surface area contributed by atoms with Gasteiger partial charge in [-0.15, -0.1) is 6.42 Å². The maximum atomic E-state index is 5.11. The lowest BCUT2D eigenvalue weighted by atomic mass is 10.4. The van der Waals surface area contributed by atoms with E-state index in [2.05, 4.69) is 11.0 Å². The molecule has 0 aliphatic rings. The molecule has 3 nitrogen and oxygen atoms in total. The lowest BCUT2D eigenvalue weighted by molar-refractivity contribution is 0.373. The van der Waals surface area contributed by atoms with Crippen LogP contribution in [-0.2, 0) is 7.05 Å². The Morgan fingerprint density at radius 1 is 1.80 bits per heavy atom. The third kappa shape index (κ3) is 0.960. The molecule has 0 bridgehead atoms. The minimum Gasteiger partial charge on any atom is -0.481 e. The van der Waals surface area contributed by atoms with Crippen LogP contribution in [0.2, 0.25) is 0 Å². The molecule has 0 amide bonds. The number of aryl methyl sites for hydroxylation is 1. The smallest absolute Gasteiger partial charge is 0.212 e. The van der Waals surface area contributed by atoms with Gasteiger partial charge in [-0.2, -0.15) is 5.10 Å². The number of methoxy groups -OCH3 is 1. The van der Waals surface area contributed by atoms with Gasteiger partial charge < -0.3 is 4.74 Å². The van der Waals surface area contributed by atoms with E-state index in [0.29, 0.717) is 11.6 Å². The van der Waals surface area contributed by atoms with Crippen molar-refractivity contribution in [2.75, 3.05) is 7.11 Å². The average molecular weight is 136 g/mol. The first-order chi connectivity index (χ1) is 4.77. The fourth-order valence-electron chi connectivity index (χ4n) is 0.712. The number of rotatable bonds is 1. The first kappa shape index (κ1) is 6.69. The quantitative estimate of drug-likeness (QED) is 0.523. The predicted octanol–water partition coefficient (Wildman–Crippen LogP) is 0.410. The van der Waals surface area contributed by atoms with Crippen LogP contribution in [0.4, 0.5) is 0 Å². The fourth-order valence-corrected chi connectivity index (χ4v) is 0.712. The van der Waals surface area contributed by atoms with Crippen LogP contribution in [0.5, 0.6) is 5.88 Å². The first-order valence-corrected chi connectivity index (χ1v) is 2.82.